The summed E-state index contributed by atoms with van der Waals surface area (Å²) in [5.74, 6) is 0.856. The first-order valence-corrected chi connectivity index (χ1v) is 8.34. The fourth-order valence-electron chi connectivity index (χ4n) is 2.41. The van der Waals surface area contributed by atoms with Crippen molar-refractivity contribution in [1.29, 1.82) is 0 Å². The highest BCUT2D eigenvalue weighted by atomic mass is 16.3. The average molecular weight is 256 g/mol. The van der Waals surface area contributed by atoms with Gasteiger partial charge in [0.1, 0.15) is 0 Å². The van der Waals surface area contributed by atoms with Crippen LogP contribution >= 0.6 is 0 Å². The molecular weight excluding hydrogens is 220 g/mol. The first kappa shape index (κ1) is 18.0. The molecule has 110 valence electrons. The molecule has 0 heterocycles. The molecule has 0 aromatic heterocycles. The number of rotatable bonds is 13. The van der Waals surface area contributed by atoms with Crippen molar-refractivity contribution in [1.82, 2.24) is 0 Å². The summed E-state index contributed by atoms with van der Waals surface area (Å²) in [5, 5.41) is 9.82. The molecule has 0 saturated heterocycles. The quantitative estimate of drug-likeness (QED) is 0.419. The molecule has 0 amide bonds. The van der Waals surface area contributed by atoms with Crippen molar-refractivity contribution in [2.45, 2.75) is 104 Å². The summed E-state index contributed by atoms with van der Waals surface area (Å²) in [6.45, 7) is 6.83. The third-order valence-electron chi connectivity index (χ3n) is 3.71. The second-order valence-corrected chi connectivity index (χ2v) is 6.24. The molecule has 1 nitrogen and oxygen atoms in total. The van der Waals surface area contributed by atoms with E-state index in [0.29, 0.717) is 0 Å². The Morgan fingerprint density at radius 3 is 1.61 bits per heavy atom. The molecule has 0 aliphatic carbocycles. The molecule has 1 heteroatoms. The lowest BCUT2D eigenvalue weighted by Crippen LogP contribution is -2.05. The minimum atomic E-state index is -0.0301. The van der Waals surface area contributed by atoms with Gasteiger partial charge in [-0.05, 0) is 18.8 Å². The Morgan fingerprint density at radius 2 is 1.11 bits per heavy atom. The Balaban J connectivity index is 3.12. The van der Waals surface area contributed by atoms with Gasteiger partial charge in [0.25, 0.3) is 0 Å². The zero-order chi connectivity index (χ0) is 13.6. The van der Waals surface area contributed by atoms with Gasteiger partial charge >= 0.3 is 0 Å². The molecule has 0 bridgehead atoms. The SMILES string of the molecule is CCCCCCC(O)CCCCCCCC(C)C. The third kappa shape index (κ3) is 14.0. The zero-order valence-electron chi connectivity index (χ0n) is 13.1. The Hall–Kier alpha value is -0.0400. The molecule has 1 unspecified atom stereocenters. The van der Waals surface area contributed by atoms with E-state index in [1.54, 1.807) is 0 Å². The first-order chi connectivity index (χ1) is 8.66. The molecule has 0 aromatic rings. The predicted octanol–water partition coefficient (Wildman–Crippen LogP) is 5.70. The summed E-state index contributed by atoms with van der Waals surface area (Å²) in [7, 11) is 0. The molecule has 0 aliphatic rings. The van der Waals surface area contributed by atoms with Crippen LogP contribution in [-0.2, 0) is 0 Å². The van der Waals surface area contributed by atoms with Crippen LogP contribution in [0.25, 0.3) is 0 Å². The molecular formula is C17H36O. The number of unbranched alkanes of at least 4 members (excludes halogenated alkanes) is 7. The van der Waals surface area contributed by atoms with E-state index in [9.17, 15) is 5.11 Å². The van der Waals surface area contributed by atoms with E-state index in [2.05, 4.69) is 20.8 Å². The van der Waals surface area contributed by atoms with E-state index >= 15 is 0 Å². The van der Waals surface area contributed by atoms with E-state index in [1.165, 1.54) is 64.2 Å². The molecule has 0 rings (SSSR count). The maximum absolute atomic E-state index is 9.82. The van der Waals surface area contributed by atoms with Gasteiger partial charge in [-0.1, -0.05) is 85.0 Å². The summed E-state index contributed by atoms with van der Waals surface area (Å²) < 4.78 is 0. The molecule has 18 heavy (non-hydrogen) atoms. The van der Waals surface area contributed by atoms with Gasteiger partial charge in [-0.3, -0.25) is 0 Å². The van der Waals surface area contributed by atoms with Gasteiger partial charge in [-0.15, -0.1) is 0 Å². The van der Waals surface area contributed by atoms with E-state index in [4.69, 9.17) is 0 Å². The van der Waals surface area contributed by atoms with E-state index in [1.807, 2.05) is 0 Å². The largest absolute Gasteiger partial charge is 0.393 e. The number of hydrogen-bond acceptors (Lipinski definition) is 1. The third-order valence-corrected chi connectivity index (χ3v) is 3.71. The fraction of sp³-hybridized carbons (Fsp3) is 1.00. The molecule has 0 radical (unpaired) electrons. The predicted molar refractivity (Wildman–Crippen MR) is 81.9 cm³/mol. The van der Waals surface area contributed by atoms with Crippen LogP contribution < -0.4 is 0 Å². The van der Waals surface area contributed by atoms with Crippen LogP contribution in [0.5, 0.6) is 0 Å². The van der Waals surface area contributed by atoms with Crippen LogP contribution in [-0.4, -0.2) is 11.2 Å². The maximum atomic E-state index is 9.82. The van der Waals surface area contributed by atoms with Gasteiger partial charge in [0.05, 0.1) is 6.10 Å². The van der Waals surface area contributed by atoms with Crippen molar-refractivity contribution >= 4 is 0 Å². The van der Waals surface area contributed by atoms with Crippen LogP contribution in [0.3, 0.4) is 0 Å². The summed E-state index contributed by atoms with van der Waals surface area (Å²) >= 11 is 0. The Labute approximate surface area is 115 Å². The Bertz CT molecular complexity index is 154. The Morgan fingerprint density at radius 1 is 0.667 bits per heavy atom. The van der Waals surface area contributed by atoms with Crippen molar-refractivity contribution in [2.24, 2.45) is 5.92 Å². The monoisotopic (exact) mass is 256 g/mol. The lowest BCUT2D eigenvalue weighted by atomic mass is 10.0. The van der Waals surface area contributed by atoms with Gasteiger partial charge in [0, 0.05) is 0 Å². The number of hydrogen-bond donors (Lipinski definition) is 1. The van der Waals surface area contributed by atoms with Crippen LogP contribution in [0.1, 0.15) is 97.8 Å². The molecule has 0 fully saturated rings. The van der Waals surface area contributed by atoms with E-state index < -0.39 is 0 Å². The van der Waals surface area contributed by atoms with Gasteiger partial charge in [0.15, 0.2) is 0 Å². The van der Waals surface area contributed by atoms with Crippen LogP contribution in [0.4, 0.5) is 0 Å². The van der Waals surface area contributed by atoms with Crippen LogP contribution in [0, 0.1) is 5.92 Å². The molecule has 0 aromatic carbocycles. The highest BCUT2D eigenvalue weighted by molar-refractivity contribution is 4.57. The number of aliphatic hydroxyl groups excluding tert-OH is 1. The first-order valence-electron chi connectivity index (χ1n) is 8.34. The summed E-state index contributed by atoms with van der Waals surface area (Å²) in [5.41, 5.74) is 0. The molecule has 0 aliphatic heterocycles. The number of aliphatic hydroxyl groups is 1. The maximum Gasteiger partial charge on any atom is 0.0540 e. The second kappa shape index (κ2) is 13.4. The Kier molecular flexibility index (Phi) is 13.4. The minimum absolute atomic E-state index is 0.0301. The van der Waals surface area contributed by atoms with Gasteiger partial charge in [0.2, 0.25) is 0 Å². The molecule has 1 N–H and O–H groups in total. The zero-order valence-corrected chi connectivity index (χ0v) is 13.1. The smallest absolute Gasteiger partial charge is 0.0540 e. The summed E-state index contributed by atoms with van der Waals surface area (Å²) in [6, 6.07) is 0. The lowest BCUT2D eigenvalue weighted by molar-refractivity contribution is 0.147. The summed E-state index contributed by atoms with van der Waals surface area (Å²) in [6.07, 6.45) is 15.2. The van der Waals surface area contributed by atoms with Crippen molar-refractivity contribution in [3.63, 3.8) is 0 Å². The van der Waals surface area contributed by atoms with Crippen molar-refractivity contribution in [2.75, 3.05) is 0 Å². The minimum Gasteiger partial charge on any atom is -0.393 e. The fourth-order valence-corrected chi connectivity index (χ4v) is 2.41. The van der Waals surface area contributed by atoms with Crippen LogP contribution in [0.2, 0.25) is 0 Å². The van der Waals surface area contributed by atoms with Gasteiger partial charge < -0.3 is 5.11 Å². The van der Waals surface area contributed by atoms with Crippen molar-refractivity contribution in [3.8, 4) is 0 Å². The molecule has 0 spiro atoms. The second-order valence-electron chi connectivity index (χ2n) is 6.24. The highest BCUT2D eigenvalue weighted by Gasteiger charge is 2.03. The van der Waals surface area contributed by atoms with Crippen molar-refractivity contribution < 1.29 is 5.11 Å². The molecule has 1 atom stereocenters. The molecule has 0 saturated carbocycles. The normalized spacial score (nSPS) is 13.2. The highest BCUT2D eigenvalue weighted by Crippen LogP contribution is 2.14. The van der Waals surface area contributed by atoms with Crippen LogP contribution in [0.15, 0.2) is 0 Å². The average Bonchev–Trinajstić information content (AvgIpc) is 2.33. The topological polar surface area (TPSA) is 20.2 Å². The van der Waals surface area contributed by atoms with E-state index in [-0.39, 0.29) is 6.10 Å². The lowest BCUT2D eigenvalue weighted by Gasteiger charge is -2.10. The van der Waals surface area contributed by atoms with Gasteiger partial charge in [-0.25, -0.2) is 0 Å². The van der Waals surface area contributed by atoms with E-state index in [0.717, 1.165) is 18.8 Å². The van der Waals surface area contributed by atoms with Crippen molar-refractivity contribution in [3.05, 3.63) is 0 Å². The van der Waals surface area contributed by atoms with Gasteiger partial charge in [-0.2, -0.15) is 0 Å². The summed E-state index contributed by atoms with van der Waals surface area (Å²) in [4.78, 5) is 0. The standard InChI is InChI=1S/C17H36O/c1-4-5-6-11-14-17(18)15-12-9-7-8-10-13-16(2)3/h16-18H,4-15H2,1-3H3.